The van der Waals surface area contributed by atoms with Crippen molar-refractivity contribution in [3.63, 3.8) is 0 Å². The van der Waals surface area contributed by atoms with Gasteiger partial charge in [-0.15, -0.1) is 0 Å². The predicted octanol–water partition coefficient (Wildman–Crippen LogP) is 2.88. The van der Waals surface area contributed by atoms with Gasteiger partial charge in [0.05, 0.1) is 12.1 Å². The average Bonchev–Trinajstić information content (AvgIpc) is 3.40. The maximum atomic E-state index is 12.8. The van der Waals surface area contributed by atoms with Gasteiger partial charge < -0.3 is 34.1 Å². The van der Waals surface area contributed by atoms with Crippen LogP contribution in [-0.2, 0) is 13.1 Å². The Morgan fingerprint density at radius 2 is 1.71 bits per heavy atom. The molecule has 3 aromatic rings. The lowest BCUT2D eigenvalue weighted by Crippen LogP contribution is -2.39. The molecule has 0 unspecified atom stereocenters. The number of aromatic nitrogens is 1. The first kappa shape index (κ1) is 19.5. The third-order valence-corrected chi connectivity index (χ3v) is 5.60. The van der Waals surface area contributed by atoms with Crippen LogP contribution in [0.2, 0.25) is 0 Å². The molecule has 31 heavy (non-hydrogen) atoms. The molecule has 8 nitrogen and oxygen atoms in total. The normalized spacial score (nSPS) is 13.5. The molecule has 0 atom stereocenters. The molecule has 0 bridgehead atoms. The van der Waals surface area contributed by atoms with Crippen LogP contribution in [0.3, 0.4) is 0 Å². The summed E-state index contributed by atoms with van der Waals surface area (Å²) in [5.74, 6) is 2.75. The number of fused-ring (bicyclic) bond motifs is 3. The van der Waals surface area contributed by atoms with Crippen molar-refractivity contribution in [2.24, 2.45) is 0 Å². The molecule has 0 aliphatic carbocycles. The molecule has 0 fully saturated rings. The Bertz CT molecular complexity index is 1230. The molecule has 160 valence electrons. The van der Waals surface area contributed by atoms with Gasteiger partial charge in [0.1, 0.15) is 0 Å². The van der Waals surface area contributed by atoms with Crippen LogP contribution in [0.1, 0.15) is 18.1 Å². The molecule has 5 rings (SSSR count). The van der Waals surface area contributed by atoms with Crippen LogP contribution in [0, 0.1) is 0 Å². The van der Waals surface area contributed by atoms with Crippen molar-refractivity contribution in [1.82, 2.24) is 15.2 Å². The van der Waals surface area contributed by atoms with Crippen LogP contribution < -0.4 is 29.8 Å². The summed E-state index contributed by atoms with van der Waals surface area (Å²) in [6, 6.07) is 11.3. The Labute approximate surface area is 183 Å². The molecule has 0 spiro atoms. The number of thiocarbonyl (C=S) groups is 1. The highest BCUT2D eigenvalue weighted by molar-refractivity contribution is 7.80. The van der Waals surface area contributed by atoms with Gasteiger partial charge in [-0.2, -0.15) is 0 Å². The first-order valence-corrected chi connectivity index (χ1v) is 10.4. The summed E-state index contributed by atoms with van der Waals surface area (Å²) < 4.78 is 21.7. The van der Waals surface area contributed by atoms with Crippen molar-refractivity contribution in [1.29, 1.82) is 0 Å². The van der Waals surface area contributed by atoms with E-state index in [-0.39, 0.29) is 19.1 Å². The van der Waals surface area contributed by atoms with Crippen LogP contribution in [-0.4, -0.2) is 35.1 Å². The number of pyridine rings is 1. The zero-order chi connectivity index (χ0) is 21.4. The van der Waals surface area contributed by atoms with Crippen molar-refractivity contribution in [3.05, 3.63) is 57.9 Å². The number of hydrogen-bond acceptors (Lipinski definition) is 6. The van der Waals surface area contributed by atoms with E-state index in [1.165, 1.54) is 0 Å². The second-order valence-corrected chi connectivity index (χ2v) is 7.68. The monoisotopic (exact) mass is 439 g/mol. The summed E-state index contributed by atoms with van der Waals surface area (Å²) in [6.45, 7) is 3.94. The van der Waals surface area contributed by atoms with Crippen molar-refractivity contribution in [3.8, 4) is 23.0 Å². The van der Waals surface area contributed by atoms with Crippen LogP contribution in [0.5, 0.6) is 23.0 Å². The second-order valence-electron chi connectivity index (χ2n) is 7.30. The van der Waals surface area contributed by atoms with Gasteiger partial charge >= 0.3 is 0 Å². The molecule has 1 aromatic heterocycles. The lowest BCUT2D eigenvalue weighted by molar-refractivity contribution is 0.173. The molecule has 3 heterocycles. The molecular formula is C22H21N3O5S. The minimum atomic E-state index is -0.165. The summed E-state index contributed by atoms with van der Waals surface area (Å²) in [6.07, 6.45) is 0. The summed E-state index contributed by atoms with van der Waals surface area (Å²) in [7, 11) is 0. The highest BCUT2D eigenvalue weighted by Gasteiger charge is 2.19. The second kappa shape index (κ2) is 7.99. The van der Waals surface area contributed by atoms with Gasteiger partial charge in [-0.3, -0.25) is 4.79 Å². The first-order valence-electron chi connectivity index (χ1n) is 9.97. The number of hydrogen-bond donors (Lipinski definition) is 2. The fourth-order valence-corrected chi connectivity index (χ4v) is 3.96. The fourth-order valence-electron chi connectivity index (χ4n) is 3.69. The molecule has 0 saturated carbocycles. The average molecular weight is 439 g/mol. The maximum absolute atomic E-state index is 12.8. The number of nitrogens with zero attached hydrogens (tertiary/aromatic N) is 1. The number of nitrogens with one attached hydrogen (secondary N) is 2. The molecular weight excluding hydrogens is 418 g/mol. The molecule has 9 heteroatoms. The zero-order valence-corrected chi connectivity index (χ0v) is 17.7. The van der Waals surface area contributed by atoms with Crippen molar-refractivity contribution >= 4 is 28.2 Å². The lowest BCUT2D eigenvalue weighted by Gasteiger charge is -2.26. The Hall–Kier alpha value is -3.46. The summed E-state index contributed by atoms with van der Waals surface area (Å²) in [5.41, 5.74) is 2.15. The summed E-state index contributed by atoms with van der Waals surface area (Å²) >= 11 is 5.59. The van der Waals surface area contributed by atoms with E-state index in [9.17, 15) is 4.79 Å². The van der Waals surface area contributed by atoms with Crippen LogP contribution in [0.25, 0.3) is 10.9 Å². The Balaban J connectivity index is 1.45. The number of benzene rings is 2. The largest absolute Gasteiger partial charge is 0.454 e. The number of ether oxygens (including phenoxy) is 4. The number of rotatable bonds is 5. The highest BCUT2D eigenvalue weighted by atomic mass is 32.1. The van der Waals surface area contributed by atoms with Crippen LogP contribution in [0.15, 0.2) is 41.2 Å². The van der Waals surface area contributed by atoms with Crippen molar-refractivity contribution in [2.45, 2.75) is 20.0 Å². The standard InChI is InChI=1S/C22H21N3O5S/c1-2-23-22(31)25(9-13-3-4-17-18(5-13)28-11-27-17)10-15-6-14-7-19-20(30-12-29-19)8-16(14)24-21(15)26/h3-8H,2,9-12H2,1H3,(H,23,31)(H,24,26). The Morgan fingerprint density at radius 3 is 2.48 bits per heavy atom. The van der Waals surface area contributed by atoms with Crippen molar-refractivity contribution < 1.29 is 18.9 Å². The smallest absolute Gasteiger partial charge is 0.253 e. The minimum absolute atomic E-state index is 0.165. The molecule has 2 N–H and O–H groups in total. The van der Waals surface area contributed by atoms with Crippen LogP contribution in [0.4, 0.5) is 0 Å². The SMILES string of the molecule is CCNC(=S)N(Cc1ccc2c(c1)OCO2)Cc1cc2cc3c(cc2[nH]c1=O)OCO3. The van der Waals surface area contributed by atoms with Gasteiger partial charge in [0, 0.05) is 30.1 Å². The third kappa shape index (κ3) is 3.84. The van der Waals surface area contributed by atoms with Gasteiger partial charge in [0.15, 0.2) is 28.1 Å². The fraction of sp³-hybridized carbons (Fsp3) is 0.273. The zero-order valence-electron chi connectivity index (χ0n) is 16.9. The number of aromatic amines is 1. The number of H-pyrrole nitrogens is 1. The third-order valence-electron chi connectivity index (χ3n) is 5.20. The van der Waals surface area contributed by atoms with E-state index >= 15 is 0 Å². The van der Waals surface area contributed by atoms with Crippen LogP contribution >= 0.6 is 12.2 Å². The molecule has 0 radical (unpaired) electrons. The van der Waals surface area contributed by atoms with E-state index in [1.807, 2.05) is 42.2 Å². The van der Waals surface area contributed by atoms with E-state index in [0.717, 1.165) is 16.7 Å². The highest BCUT2D eigenvalue weighted by Crippen LogP contribution is 2.35. The summed E-state index contributed by atoms with van der Waals surface area (Å²) in [5, 5.41) is 4.63. The molecule has 0 amide bonds. The van der Waals surface area contributed by atoms with Gasteiger partial charge in [-0.25, -0.2) is 0 Å². The van der Waals surface area contributed by atoms with E-state index in [2.05, 4.69) is 10.3 Å². The van der Waals surface area contributed by atoms with Crippen molar-refractivity contribution in [2.75, 3.05) is 20.1 Å². The summed E-state index contributed by atoms with van der Waals surface area (Å²) in [4.78, 5) is 17.7. The molecule has 0 saturated heterocycles. The molecule has 2 aliphatic rings. The van der Waals surface area contributed by atoms with E-state index < -0.39 is 0 Å². The lowest BCUT2D eigenvalue weighted by atomic mass is 10.1. The van der Waals surface area contributed by atoms with Gasteiger partial charge in [0.2, 0.25) is 13.6 Å². The molecule has 2 aliphatic heterocycles. The Kier molecular flexibility index (Phi) is 5.03. The van der Waals surface area contributed by atoms with Gasteiger partial charge in [0.25, 0.3) is 5.56 Å². The topological polar surface area (TPSA) is 85.1 Å². The maximum Gasteiger partial charge on any atom is 0.253 e. The van der Waals surface area contributed by atoms with Gasteiger partial charge in [-0.05, 0) is 49.0 Å². The van der Waals surface area contributed by atoms with E-state index in [1.54, 1.807) is 6.07 Å². The first-order chi connectivity index (χ1) is 15.1. The Morgan fingerprint density at radius 1 is 1.00 bits per heavy atom. The van der Waals surface area contributed by atoms with E-state index in [4.69, 9.17) is 31.2 Å². The minimum Gasteiger partial charge on any atom is -0.454 e. The molecule has 2 aromatic carbocycles. The quantitative estimate of drug-likeness (QED) is 0.587. The van der Waals surface area contributed by atoms with Gasteiger partial charge in [-0.1, -0.05) is 6.07 Å². The predicted molar refractivity (Wildman–Crippen MR) is 119 cm³/mol. The van der Waals surface area contributed by atoms with E-state index in [0.29, 0.717) is 53.1 Å².